The van der Waals surface area contributed by atoms with Crippen LogP contribution in [-0.4, -0.2) is 18.7 Å². The maximum absolute atomic E-state index is 11.7. The second kappa shape index (κ2) is 6.43. The molecule has 1 amide bonds. The normalized spacial score (nSPS) is 11.9. The summed E-state index contributed by atoms with van der Waals surface area (Å²) in [5.41, 5.74) is 0.612. The zero-order valence-corrected chi connectivity index (χ0v) is 10.7. The Labute approximate surface area is 103 Å². The van der Waals surface area contributed by atoms with Gasteiger partial charge < -0.3 is 10.1 Å². The van der Waals surface area contributed by atoms with Crippen LogP contribution in [0.2, 0.25) is 0 Å². The molecule has 0 aliphatic rings. The Morgan fingerprint density at radius 1 is 1.50 bits per heavy atom. The van der Waals surface area contributed by atoms with Gasteiger partial charge in [-0.2, -0.15) is 0 Å². The lowest BCUT2D eigenvalue weighted by Gasteiger charge is -2.07. The van der Waals surface area contributed by atoms with Gasteiger partial charge in [0.2, 0.25) is 0 Å². The highest BCUT2D eigenvalue weighted by Gasteiger charge is 2.08. The monoisotopic (exact) mass is 283 g/mol. The fourth-order valence-corrected chi connectivity index (χ4v) is 1.69. The third-order valence-corrected chi connectivity index (χ3v) is 2.93. The lowest BCUT2D eigenvalue weighted by atomic mass is 10.1. The first kappa shape index (κ1) is 12.9. The lowest BCUT2D eigenvalue weighted by molar-refractivity contribution is -0.110. The van der Waals surface area contributed by atoms with E-state index in [2.05, 4.69) is 21.2 Å². The Balaban J connectivity index is 2.47. The van der Waals surface area contributed by atoms with Crippen LogP contribution in [0, 0.1) is 5.92 Å². The standard InChI is InChI=1S/C12H14BrNO2/c1-9(8-15)6-7-14-12(16)10-4-2-3-5-11(10)13/h2-5,8-9H,6-7H2,1H3,(H,14,16). The molecular weight excluding hydrogens is 270 g/mol. The van der Waals surface area contributed by atoms with E-state index in [1.807, 2.05) is 25.1 Å². The van der Waals surface area contributed by atoms with Gasteiger partial charge in [0.15, 0.2) is 0 Å². The van der Waals surface area contributed by atoms with Crippen molar-refractivity contribution in [2.24, 2.45) is 5.92 Å². The van der Waals surface area contributed by atoms with Crippen molar-refractivity contribution in [3.8, 4) is 0 Å². The first-order chi connectivity index (χ1) is 7.65. The van der Waals surface area contributed by atoms with Gasteiger partial charge in [0, 0.05) is 16.9 Å². The van der Waals surface area contributed by atoms with Gasteiger partial charge in [0.05, 0.1) is 5.56 Å². The molecule has 0 radical (unpaired) electrons. The van der Waals surface area contributed by atoms with E-state index in [0.717, 1.165) is 10.8 Å². The van der Waals surface area contributed by atoms with E-state index in [-0.39, 0.29) is 11.8 Å². The lowest BCUT2D eigenvalue weighted by Crippen LogP contribution is -2.26. The third kappa shape index (κ3) is 3.77. The smallest absolute Gasteiger partial charge is 0.252 e. The van der Waals surface area contributed by atoms with Crippen molar-refractivity contribution in [3.05, 3.63) is 34.3 Å². The van der Waals surface area contributed by atoms with E-state index >= 15 is 0 Å². The number of hydrogen-bond donors (Lipinski definition) is 1. The van der Waals surface area contributed by atoms with Gasteiger partial charge in [-0.25, -0.2) is 0 Å². The SMILES string of the molecule is CC(C=O)CCNC(=O)c1ccccc1Br. The van der Waals surface area contributed by atoms with E-state index in [0.29, 0.717) is 18.5 Å². The van der Waals surface area contributed by atoms with Crippen molar-refractivity contribution in [2.75, 3.05) is 6.54 Å². The number of benzene rings is 1. The molecule has 0 aliphatic heterocycles. The average Bonchev–Trinajstić information content (AvgIpc) is 2.29. The van der Waals surface area contributed by atoms with Crippen LogP contribution in [0.15, 0.2) is 28.7 Å². The van der Waals surface area contributed by atoms with E-state index in [9.17, 15) is 9.59 Å². The van der Waals surface area contributed by atoms with Crippen LogP contribution in [0.3, 0.4) is 0 Å². The predicted molar refractivity (Wildman–Crippen MR) is 66.3 cm³/mol. The molecule has 1 aromatic carbocycles. The van der Waals surface area contributed by atoms with Crippen LogP contribution in [0.25, 0.3) is 0 Å². The summed E-state index contributed by atoms with van der Waals surface area (Å²) in [7, 11) is 0. The number of amides is 1. The van der Waals surface area contributed by atoms with Crippen molar-refractivity contribution >= 4 is 28.1 Å². The Morgan fingerprint density at radius 3 is 2.81 bits per heavy atom. The van der Waals surface area contributed by atoms with Crippen molar-refractivity contribution in [3.63, 3.8) is 0 Å². The molecule has 1 aromatic rings. The summed E-state index contributed by atoms with van der Waals surface area (Å²) in [5, 5.41) is 2.78. The summed E-state index contributed by atoms with van der Waals surface area (Å²) < 4.78 is 0.774. The molecular formula is C12H14BrNO2. The van der Waals surface area contributed by atoms with Crippen LogP contribution < -0.4 is 5.32 Å². The number of nitrogens with one attached hydrogen (secondary N) is 1. The van der Waals surface area contributed by atoms with Crippen molar-refractivity contribution in [1.29, 1.82) is 0 Å². The molecule has 3 nitrogen and oxygen atoms in total. The summed E-state index contributed by atoms with van der Waals surface area (Å²) in [5.74, 6) is -0.134. The molecule has 1 atom stereocenters. The summed E-state index contributed by atoms with van der Waals surface area (Å²) in [4.78, 5) is 22.1. The number of halogens is 1. The van der Waals surface area contributed by atoms with Gasteiger partial charge in [-0.05, 0) is 34.5 Å². The molecule has 0 heterocycles. The first-order valence-electron chi connectivity index (χ1n) is 5.13. The van der Waals surface area contributed by atoms with Gasteiger partial charge in [0.25, 0.3) is 5.91 Å². The Kier molecular flexibility index (Phi) is 5.19. The van der Waals surface area contributed by atoms with Crippen LogP contribution in [0.4, 0.5) is 0 Å². The fraction of sp³-hybridized carbons (Fsp3) is 0.333. The quantitative estimate of drug-likeness (QED) is 0.844. The Hall–Kier alpha value is -1.16. The summed E-state index contributed by atoms with van der Waals surface area (Å²) in [6.45, 7) is 2.34. The minimum absolute atomic E-state index is 0.0143. The van der Waals surface area contributed by atoms with Gasteiger partial charge in [-0.3, -0.25) is 4.79 Å². The highest BCUT2D eigenvalue weighted by atomic mass is 79.9. The second-order valence-electron chi connectivity index (χ2n) is 3.64. The summed E-state index contributed by atoms with van der Waals surface area (Å²) in [6.07, 6.45) is 1.56. The number of hydrogen-bond acceptors (Lipinski definition) is 2. The number of carbonyl (C=O) groups is 2. The van der Waals surface area contributed by atoms with Gasteiger partial charge in [-0.15, -0.1) is 0 Å². The van der Waals surface area contributed by atoms with Gasteiger partial charge in [-0.1, -0.05) is 19.1 Å². The second-order valence-corrected chi connectivity index (χ2v) is 4.49. The molecule has 1 unspecified atom stereocenters. The maximum Gasteiger partial charge on any atom is 0.252 e. The molecule has 16 heavy (non-hydrogen) atoms. The molecule has 0 saturated heterocycles. The molecule has 86 valence electrons. The van der Waals surface area contributed by atoms with E-state index in [1.165, 1.54) is 0 Å². The Morgan fingerprint density at radius 2 is 2.19 bits per heavy atom. The molecule has 4 heteroatoms. The molecule has 1 rings (SSSR count). The highest BCUT2D eigenvalue weighted by molar-refractivity contribution is 9.10. The number of carbonyl (C=O) groups excluding carboxylic acids is 2. The fourth-order valence-electron chi connectivity index (χ4n) is 1.22. The van der Waals surface area contributed by atoms with Crippen LogP contribution in [-0.2, 0) is 4.79 Å². The van der Waals surface area contributed by atoms with E-state index < -0.39 is 0 Å². The molecule has 0 spiro atoms. The minimum atomic E-state index is -0.120. The van der Waals surface area contributed by atoms with Gasteiger partial charge in [0.1, 0.15) is 6.29 Å². The van der Waals surface area contributed by atoms with Crippen molar-refractivity contribution in [2.45, 2.75) is 13.3 Å². The van der Waals surface area contributed by atoms with Crippen LogP contribution >= 0.6 is 15.9 Å². The van der Waals surface area contributed by atoms with E-state index in [4.69, 9.17) is 0 Å². The molecule has 1 N–H and O–H groups in total. The van der Waals surface area contributed by atoms with Crippen LogP contribution in [0.1, 0.15) is 23.7 Å². The Bertz CT molecular complexity index is 379. The number of aldehydes is 1. The maximum atomic E-state index is 11.7. The van der Waals surface area contributed by atoms with E-state index in [1.54, 1.807) is 6.07 Å². The van der Waals surface area contributed by atoms with Crippen molar-refractivity contribution < 1.29 is 9.59 Å². The number of rotatable bonds is 5. The van der Waals surface area contributed by atoms with Crippen LogP contribution in [0.5, 0.6) is 0 Å². The zero-order chi connectivity index (χ0) is 12.0. The first-order valence-corrected chi connectivity index (χ1v) is 5.92. The molecule has 0 aromatic heterocycles. The summed E-state index contributed by atoms with van der Waals surface area (Å²) >= 11 is 3.31. The average molecular weight is 284 g/mol. The minimum Gasteiger partial charge on any atom is -0.352 e. The topological polar surface area (TPSA) is 46.2 Å². The summed E-state index contributed by atoms with van der Waals surface area (Å²) in [6, 6.07) is 7.24. The van der Waals surface area contributed by atoms with Gasteiger partial charge >= 0.3 is 0 Å². The van der Waals surface area contributed by atoms with Crippen molar-refractivity contribution in [1.82, 2.24) is 5.32 Å². The predicted octanol–water partition coefficient (Wildman–Crippen LogP) is 2.40. The molecule has 0 aliphatic carbocycles. The zero-order valence-electron chi connectivity index (χ0n) is 9.07. The largest absolute Gasteiger partial charge is 0.352 e. The third-order valence-electron chi connectivity index (χ3n) is 2.24. The molecule has 0 bridgehead atoms. The molecule has 0 saturated carbocycles. The highest BCUT2D eigenvalue weighted by Crippen LogP contribution is 2.15. The molecule has 0 fully saturated rings.